The van der Waals surface area contributed by atoms with E-state index in [-0.39, 0.29) is 37.2 Å². The molecule has 0 spiro atoms. The van der Waals surface area contributed by atoms with Gasteiger partial charge in [0.05, 0.1) is 12.0 Å². The van der Waals surface area contributed by atoms with Crippen LogP contribution in [0.25, 0.3) is 0 Å². The first-order valence-corrected chi connectivity index (χ1v) is 5.43. The molecule has 1 amide bonds. The number of carbonyl (C=O) groups is 1. The average Bonchev–Trinajstić information content (AvgIpc) is 2.16. The van der Waals surface area contributed by atoms with Crippen molar-refractivity contribution in [3.8, 4) is 0 Å². The van der Waals surface area contributed by atoms with Gasteiger partial charge in [-0.25, -0.2) is 0 Å². The van der Waals surface area contributed by atoms with E-state index in [1.807, 2.05) is 0 Å². The second-order valence-corrected chi connectivity index (χ2v) is 4.40. The minimum absolute atomic E-state index is 0. The SMILES string of the molecule is C[C@@H](N)C(=O)NC1CCCC(C(F)(F)F)C1.Cl. The molecule has 17 heavy (non-hydrogen) atoms. The molecule has 3 atom stereocenters. The summed E-state index contributed by atoms with van der Waals surface area (Å²) in [6, 6.07) is -1.06. The second-order valence-electron chi connectivity index (χ2n) is 4.40. The fourth-order valence-corrected chi connectivity index (χ4v) is 1.95. The van der Waals surface area contributed by atoms with E-state index in [2.05, 4.69) is 5.32 Å². The normalized spacial score (nSPS) is 26.9. The molecule has 102 valence electrons. The number of carbonyl (C=O) groups excluding carboxylic acids is 1. The van der Waals surface area contributed by atoms with Crippen LogP contribution in [0, 0.1) is 5.92 Å². The van der Waals surface area contributed by atoms with Crippen LogP contribution in [0.2, 0.25) is 0 Å². The molecule has 7 heteroatoms. The summed E-state index contributed by atoms with van der Waals surface area (Å²) >= 11 is 0. The van der Waals surface area contributed by atoms with Gasteiger partial charge in [0, 0.05) is 6.04 Å². The van der Waals surface area contributed by atoms with Crippen LogP contribution in [0.1, 0.15) is 32.6 Å². The molecule has 0 saturated heterocycles. The third kappa shape index (κ3) is 5.12. The molecule has 0 aromatic carbocycles. The van der Waals surface area contributed by atoms with Gasteiger partial charge < -0.3 is 11.1 Å². The monoisotopic (exact) mass is 274 g/mol. The number of nitrogens with two attached hydrogens (primary N) is 1. The maximum Gasteiger partial charge on any atom is 0.391 e. The first kappa shape index (κ1) is 16.5. The highest BCUT2D eigenvalue weighted by Crippen LogP contribution is 2.37. The van der Waals surface area contributed by atoms with Gasteiger partial charge in [-0.3, -0.25) is 4.79 Å². The van der Waals surface area contributed by atoms with Crippen LogP contribution in [0.15, 0.2) is 0 Å². The van der Waals surface area contributed by atoms with Gasteiger partial charge in [-0.1, -0.05) is 6.42 Å². The molecule has 0 radical (unpaired) electrons. The molecular formula is C10H18ClF3N2O. The maximum absolute atomic E-state index is 12.5. The van der Waals surface area contributed by atoms with Gasteiger partial charge in [0.1, 0.15) is 0 Å². The van der Waals surface area contributed by atoms with Gasteiger partial charge in [-0.2, -0.15) is 13.2 Å². The highest BCUT2D eigenvalue weighted by Gasteiger charge is 2.42. The highest BCUT2D eigenvalue weighted by atomic mass is 35.5. The Hall–Kier alpha value is -0.490. The molecule has 1 saturated carbocycles. The van der Waals surface area contributed by atoms with Gasteiger partial charge in [-0.05, 0) is 26.2 Å². The van der Waals surface area contributed by atoms with Crippen LogP contribution in [0.5, 0.6) is 0 Å². The predicted octanol–water partition coefficient (Wildman–Crippen LogP) is 1.99. The molecule has 1 fully saturated rings. The highest BCUT2D eigenvalue weighted by molar-refractivity contribution is 5.85. The van der Waals surface area contributed by atoms with Gasteiger partial charge in [0.25, 0.3) is 0 Å². The Morgan fingerprint density at radius 1 is 1.41 bits per heavy atom. The third-order valence-corrected chi connectivity index (χ3v) is 2.90. The van der Waals surface area contributed by atoms with Crippen molar-refractivity contribution in [2.24, 2.45) is 11.7 Å². The van der Waals surface area contributed by atoms with Crippen molar-refractivity contribution < 1.29 is 18.0 Å². The Balaban J connectivity index is 0.00000256. The van der Waals surface area contributed by atoms with Crippen LogP contribution in [0.4, 0.5) is 13.2 Å². The second kappa shape index (κ2) is 6.44. The first-order chi connectivity index (χ1) is 7.30. The predicted molar refractivity (Wildman–Crippen MR) is 60.8 cm³/mol. The standard InChI is InChI=1S/C10H17F3N2O.ClH/c1-6(14)9(16)15-8-4-2-3-7(5-8)10(11,12)13;/h6-8H,2-5,14H2,1H3,(H,15,16);1H/t6-,7?,8?;/m1./s1. The zero-order valence-corrected chi connectivity index (χ0v) is 10.4. The Morgan fingerprint density at radius 2 is 2.00 bits per heavy atom. The Bertz CT molecular complexity index is 258. The van der Waals surface area contributed by atoms with Crippen molar-refractivity contribution in [2.45, 2.75) is 50.9 Å². The van der Waals surface area contributed by atoms with E-state index in [1.165, 1.54) is 6.92 Å². The molecule has 0 heterocycles. The number of halogens is 4. The van der Waals surface area contributed by atoms with Crippen molar-refractivity contribution in [2.75, 3.05) is 0 Å². The summed E-state index contributed by atoms with van der Waals surface area (Å²) in [6.45, 7) is 1.51. The maximum atomic E-state index is 12.5. The number of alkyl halides is 3. The number of rotatable bonds is 2. The number of nitrogens with one attached hydrogen (secondary N) is 1. The average molecular weight is 275 g/mol. The first-order valence-electron chi connectivity index (χ1n) is 5.43. The zero-order chi connectivity index (χ0) is 12.3. The van der Waals surface area contributed by atoms with Gasteiger partial charge >= 0.3 is 6.18 Å². The van der Waals surface area contributed by atoms with Crippen LogP contribution in [-0.2, 0) is 4.79 Å². The van der Waals surface area contributed by atoms with Crippen molar-refractivity contribution in [3.63, 3.8) is 0 Å². The van der Waals surface area contributed by atoms with Gasteiger partial charge in [0.2, 0.25) is 5.91 Å². The Kier molecular flexibility index (Phi) is 6.26. The molecule has 0 aromatic rings. The lowest BCUT2D eigenvalue weighted by atomic mass is 9.85. The molecular weight excluding hydrogens is 257 g/mol. The quantitative estimate of drug-likeness (QED) is 0.809. The van der Waals surface area contributed by atoms with Crippen molar-refractivity contribution >= 4 is 18.3 Å². The molecule has 0 aromatic heterocycles. The van der Waals surface area contributed by atoms with Crippen LogP contribution in [-0.4, -0.2) is 24.2 Å². The summed E-state index contributed by atoms with van der Waals surface area (Å²) < 4.78 is 37.4. The van der Waals surface area contributed by atoms with Crippen molar-refractivity contribution in [1.82, 2.24) is 5.32 Å². The van der Waals surface area contributed by atoms with E-state index in [1.54, 1.807) is 0 Å². The number of hydrogen-bond acceptors (Lipinski definition) is 2. The van der Waals surface area contributed by atoms with E-state index in [0.717, 1.165) is 0 Å². The zero-order valence-electron chi connectivity index (χ0n) is 9.59. The summed E-state index contributed by atoms with van der Waals surface area (Å²) in [4.78, 5) is 11.3. The molecule has 2 unspecified atom stereocenters. The van der Waals surface area contributed by atoms with E-state index in [9.17, 15) is 18.0 Å². The van der Waals surface area contributed by atoms with Gasteiger partial charge in [0.15, 0.2) is 0 Å². The van der Waals surface area contributed by atoms with Crippen molar-refractivity contribution in [1.29, 1.82) is 0 Å². The molecule has 0 aliphatic heterocycles. The summed E-state index contributed by atoms with van der Waals surface area (Å²) in [7, 11) is 0. The minimum atomic E-state index is -4.16. The van der Waals surface area contributed by atoms with Crippen molar-refractivity contribution in [3.05, 3.63) is 0 Å². The lowest BCUT2D eigenvalue weighted by Gasteiger charge is -2.31. The van der Waals surface area contributed by atoms with Gasteiger partial charge in [-0.15, -0.1) is 12.4 Å². The molecule has 1 aliphatic rings. The molecule has 1 rings (SSSR count). The van der Waals surface area contributed by atoms with E-state index < -0.39 is 18.1 Å². The van der Waals surface area contributed by atoms with E-state index in [0.29, 0.717) is 12.8 Å². The van der Waals surface area contributed by atoms with E-state index >= 15 is 0 Å². The van der Waals surface area contributed by atoms with Crippen LogP contribution >= 0.6 is 12.4 Å². The topological polar surface area (TPSA) is 55.1 Å². The molecule has 0 bridgehead atoms. The molecule has 1 aliphatic carbocycles. The number of hydrogen-bond donors (Lipinski definition) is 2. The Morgan fingerprint density at radius 3 is 2.47 bits per heavy atom. The van der Waals surface area contributed by atoms with Crippen LogP contribution < -0.4 is 11.1 Å². The largest absolute Gasteiger partial charge is 0.391 e. The fourth-order valence-electron chi connectivity index (χ4n) is 1.95. The molecule has 3 nitrogen and oxygen atoms in total. The lowest BCUT2D eigenvalue weighted by Crippen LogP contribution is -2.46. The summed E-state index contributed by atoms with van der Waals surface area (Å²) in [6.07, 6.45) is -2.92. The summed E-state index contributed by atoms with van der Waals surface area (Å²) in [5.74, 6) is -1.67. The summed E-state index contributed by atoms with van der Waals surface area (Å²) in [5.41, 5.74) is 5.34. The summed E-state index contributed by atoms with van der Waals surface area (Å²) in [5, 5.41) is 2.56. The lowest BCUT2D eigenvalue weighted by molar-refractivity contribution is -0.184. The fraction of sp³-hybridized carbons (Fsp3) is 0.900. The molecule has 3 N–H and O–H groups in total. The smallest absolute Gasteiger partial charge is 0.352 e. The number of amides is 1. The minimum Gasteiger partial charge on any atom is -0.352 e. The van der Waals surface area contributed by atoms with Crippen LogP contribution in [0.3, 0.4) is 0 Å². The Labute approximate surface area is 105 Å². The third-order valence-electron chi connectivity index (χ3n) is 2.90. The van der Waals surface area contributed by atoms with E-state index in [4.69, 9.17) is 5.73 Å².